The van der Waals surface area contributed by atoms with Gasteiger partial charge in [0.2, 0.25) is 10.0 Å². The van der Waals surface area contributed by atoms with Gasteiger partial charge in [0.1, 0.15) is 10.7 Å². The molecule has 0 spiro atoms. The van der Waals surface area contributed by atoms with Crippen LogP contribution in [0.25, 0.3) is 0 Å². The van der Waals surface area contributed by atoms with Gasteiger partial charge in [0.05, 0.1) is 10.2 Å². The number of hydrogen-bond donors (Lipinski definition) is 1. The number of nitrogen functional groups attached to an aromatic ring is 1. The van der Waals surface area contributed by atoms with E-state index < -0.39 is 15.8 Å². The van der Waals surface area contributed by atoms with Gasteiger partial charge in [0.15, 0.2) is 0 Å². The standard InChI is InChI=1S/C11H14BrFN2O2S/c1-7-2-3-15(6-7)18(16,17)11-4-8(12)9(13)5-10(11)14/h4-5,7H,2-3,6,14H2,1H3. The zero-order valence-electron chi connectivity index (χ0n) is 9.86. The summed E-state index contributed by atoms with van der Waals surface area (Å²) < 4.78 is 39.5. The second-order valence-electron chi connectivity index (χ2n) is 4.56. The minimum atomic E-state index is -3.63. The van der Waals surface area contributed by atoms with E-state index in [9.17, 15) is 12.8 Å². The van der Waals surface area contributed by atoms with Gasteiger partial charge in [0, 0.05) is 13.1 Å². The lowest BCUT2D eigenvalue weighted by atomic mass is 10.2. The first kappa shape index (κ1) is 13.8. The van der Waals surface area contributed by atoms with Crippen LogP contribution in [0.4, 0.5) is 10.1 Å². The zero-order chi connectivity index (χ0) is 13.5. The number of nitrogens with two attached hydrogens (primary N) is 1. The summed E-state index contributed by atoms with van der Waals surface area (Å²) in [6.07, 6.45) is 0.835. The van der Waals surface area contributed by atoms with Gasteiger partial charge in [-0.3, -0.25) is 0 Å². The quantitative estimate of drug-likeness (QED) is 0.842. The van der Waals surface area contributed by atoms with E-state index in [0.29, 0.717) is 19.0 Å². The van der Waals surface area contributed by atoms with Gasteiger partial charge in [-0.1, -0.05) is 6.92 Å². The maximum Gasteiger partial charge on any atom is 0.245 e. The number of sulfonamides is 1. The highest BCUT2D eigenvalue weighted by molar-refractivity contribution is 9.10. The Hall–Kier alpha value is -0.660. The lowest BCUT2D eigenvalue weighted by Crippen LogP contribution is -2.29. The molecule has 1 fully saturated rings. The van der Waals surface area contributed by atoms with Crippen LogP contribution in [-0.4, -0.2) is 25.8 Å². The molecule has 2 N–H and O–H groups in total. The molecule has 1 atom stereocenters. The van der Waals surface area contributed by atoms with E-state index in [0.717, 1.165) is 12.5 Å². The topological polar surface area (TPSA) is 63.4 Å². The minimum absolute atomic E-state index is 0.0372. The molecule has 0 radical (unpaired) electrons. The van der Waals surface area contributed by atoms with Gasteiger partial charge in [-0.2, -0.15) is 4.31 Å². The lowest BCUT2D eigenvalue weighted by Gasteiger charge is -2.17. The van der Waals surface area contributed by atoms with Crippen LogP contribution in [0, 0.1) is 11.7 Å². The van der Waals surface area contributed by atoms with Gasteiger partial charge in [0.25, 0.3) is 0 Å². The highest BCUT2D eigenvalue weighted by atomic mass is 79.9. The first-order chi connectivity index (χ1) is 8.32. The molecular formula is C11H14BrFN2O2S. The number of halogens is 2. The SMILES string of the molecule is CC1CCN(S(=O)(=O)c2cc(Br)c(F)cc2N)C1. The second-order valence-corrected chi connectivity index (χ2v) is 7.32. The van der Waals surface area contributed by atoms with Crippen LogP contribution < -0.4 is 5.73 Å². The molecule has 18 heavy (non-hydrogen) atoms. The van der Waals surface area contributed by atoms with Crippen molar-refractivity contribution in [2.24, 2.45) is 5.92 Å². The molecule has 0 aliphatic carbocycles. The first-order valence-electron chi connectivity index (χ1n) is 5.57. The summed E-state index contributed by atoms with van der Waals surface area (Å²) in [5.41, 5.74) is 5.55. The molecule has 1 aliphatic rings. The summed E-state index contributed by atoms with van der Waals surface area (Å²) in [7, 11) is -3.63. The van der Waals surface area contributed by atoms with Crippen LogP contribution in [-0.2, 0) is 10.0 Å². The monoisotopic (exact) mass is 336 g/mol. The molecule has 7 heteroatoms. The number of benzene rings is 1. The van der Waals surface area contributed by atoms with E-state index in [2.05, 4.69) is 15.9 Å². The number of nitrogens with zero attached hydrogens (tertiary/aromatic N) is 1. The highest BCUT2D eigenvalue weighted by Gasteiger charge is 2.32. The van der Waals surface area contributed by atoms with Crippen molar-refractivity contribution in [2.75, 3.05) is 18.8 Å². The largest absolute Gasteiger partial charge is 0.398 e. The molecule has 1 aliphatic heterocycles. The molecule has 1 aromatic carbocycles. The van der Waals surface area contributed by atoms with E-state index >= 15 is 0 Å². The Labute approximate surface area is 114 Å². The first-order valence-corrected chi connectivity index (χ1v) is 7.80. The third-order valence-corrected chi connectivity index (χ3v) is 5.59. The van der Waals surface area contributed by atoms with Crippen molar-refractivity contribution in [3.8, 4) is 0 Å². The smallest absolute Gasteiger partial charge is 0.245 e. The summed E-state index contributed by atoms with van der Waals surface area (Å²) in [5, 5.41) is 0. The normalized spacial score (nSPS) is 21.4. The Kier molecular flexibility index (Phi) is 3.66. The average molecular weight is 337 g/mol. The molecule has 1 aromatic rings. The summed E-state index contributed by atoms with van der Waals surface area (Å²) in [6, 6.07) is 2.25. The predicted octanol–water partition coefficient (Wildman–Crippen LogP) is 2.20. The average Bonchev–Trinajstić information content (AvgIpc) is 2.70. The molecule has 1 heterocycles. The molecule has 1 unspecified atom stereocenters. The van der Waals surface area contributed by atoms with Gasteiger partial charge < -0.3 is 5.73 Å². The zero-order valence-corrected chi connectivity index (χ0v) is 12.3. The number of rotatable bonds is 2. The van der Waals surface area contributed by atoms with E-state index in [1.807, 2.05) is 6.92 Å². The summed E-state index contributed by atoms with van der Waals surface area (Å²) >= 11 is 2.98. The number of anilines is 1. The molecule has 4 nitrogen and oxygen atoms in total. The van der Waals surface area contributed by atoms with E-state index in [1.54, 1.807) is 0 Å². The van der Waals surface area contributed by atoms with E-state index in [1.165, 1.54) is 10.4 Å². The molecule has 0 bridgehead atoms. The van der Waals surface area contributed by atoms with Crippen LogP contribution in [0.1, 0.15) is 13.3 Å². The molecule has 0 amide bonds. The molecule has 100 valence electrons. The van der Waals surface area contributed by atoms with Crippen LogP contribution >= 0.6 is 15.9 Å². The second kappa shape index (κ2) is 4.79. The van der Waals surface area contributed by atoms with Gasteiger partial charge >= 0.3 is 0 Å². The van der Waals surface area contributed by atoms with Crippen molar-refractivity contribution in [2.45, 2.75) is 18.2 Å². The van der Waals surface area contributed by atoms with Crippen molar-refractivity contribution in [3.05, 3.63) is 22.4 Å². The Morgan fingerprint density at radius 1 is 1.50 bits per heavy atom. The Balaban J connectivity index is 2.45. The van der Waals surface area contributed by atoms with E-state index in [4.69, 9.17) is 5.73 Å². The number of hydrogen-bond acceptors (Lipinski definition) is 3. The Bertz CT molecular complexity index is 577. The van der Waals surface area contributed by atoms with Crippen molar-refractivity contribution in [3.63, 3.8) is 0 Å². The molecule has 1 saturated heterocycles. The lowest BCUT2D eigenvalue weighted by molar-refractivity contribution is 0.464. The van der Waals surface area contributed by atoms with Crippen LogP contribution in [0.15, 0.2) is 21.5 Å². The maximum absolute atomic E-state index is 13.3. The van der Waals surface area contributed by atoms with Crippen LogP contribution in [0.5, 0.6) is 0 Å². The minimum Gasteiger partial charge on any atom is -0.398 e. The third-order valence-electron chi connectivity index (χ3n) is 3.06. The van der Waals surface area contributed by atoms with Crippen molar-refractivity contribution >= 4 is 31.6 Å². The van der Waals surface area contributed by atoms with Crippen LogP contribution in [0.2, 0.25) is 0 Å². The van der Waals surface area contributed by atoms with Crippen LogP contribution in [0.3, 0.4) is 0 Å². The fourth-order valence-electron chi connectivity index (χ4n) is 2.02. The van der Waals surface area contributed by atoms with Crippen molar-refractivity contribution < 1.29 is 12.8 Å². The fraction of sp³-hybridized carbons (Fsp3) is 0.455. The predicted molar refractivity (Wildman–Crippen MR) is 71.1 cm³/mol. The molecule has 2 rings (SSSR count). The van der Waals surface area contributed by atoms with Gasteiger partial charge in [-0.05, 0) is 40.4 Å². The highest BCUT2D eigenvalue weighted by Crippen LogP contribution is 2.30. The summed E-state index contributed by atoms with van der Waals surface area (Å²) in [6.45, 7) is 2.97. The van der Waals surface area contributed by atoms with Crippen molar-refractivity contribution in [1.82, 2.24) is 4.31 Å². The van der Waals surface area contributed by atoms with Gasteiger partial charge in [-0.25, -0.2) is 12.8 Å². The molecule has 0 aromatic heterocycles. The molecular weight excluding hydrogens is 323 g/mol. The van der Waals surface area contributed by atoms with Crippen molar-refractivity contribution in [1.29, 1.82) is 0 Å². The summed E-state index contributed by atoms with van der Waals surface area (Å²) in [5.74, 6) is -0.230. The van der Waals surface area contributed by atoms with E-state index in [-0.39, 0.29) is 15.1 Å². The fourth-order valence-corrected chi connectivity index (χ4v) is 4.21. The molecule has 0 saturated carbocycles. The Morgan fingerprint density at radius 2 is 2.17 bits per heavy atom. The van der Waals surface area contributed by atoms with Gasteiger partial charge in [-0.15, -0.1) is 0 Å². The maximum atomic E-state index is 13.3. The summed E-state index contributed by atoms with van der Waals surface area (Å²) in [4.78, 5) is -0.0372. The Morgan fingerprint density at radius 3 is 2.72 bits per heavy atom. The third kappa shape index (κ3) is 2.39.